The predicted octanol–water partition coefficient (Wildman–Crippen LogP) is 4.21. The molecule has 0 unspecified atom stereocenters. The highest BCUT2D eigenvalue weighted by Crippen LogP contribution is 2.31. The summed E-state index contributed by atoms with van der Waals surface area (Å²) < 4.78 is 1.72. The normalized spacial score (nSPS) is 14.6. The van der Waals surface area contributed by atoms with E-state index in [1.807, 2.05) is 36.1 Å². The van der Waals surface area contributed by atoms with Crippen LogP contribution in [0.2, 0.25) is 5.02 Å². The Morgan fingerprint density at radius 3 is 2.74 bits per heavy atom. The van der Waals surface area contributed by atoms with Gasteiger partial charge >= 0.3 is 0 Å². The molecule has 31 heavy (non-hydrogen) atoms. The summed E-state index contributed by atoms with van der Waals surface area (Å²) in [5.41, 5.74) is 1.28. The summed E-state index contributed by atoms with van der Waals surface area (Å²) in [4.78, 5) is 31.7. The Kier molecular flexibility index (Phi) is 6.67. The van der Waals surface area contributed by atoms with Crippen molar-refractivity contribution in [2.75, 3.05) is 18.4 Å². The van der Waals surface area contributed by atoms with Crippen molar-refractivity contribution in [2.45, 2.75) is 38.6 Å². The van der Waals surface area contributed by atoms with Crippen LogP contribution in [0, 0.1) is 0 Å². The SMILES string of the molecule is CCn1nccc1NC(=O)c1csc(C2CCN(C(=O)Cc3ccccc3Cl)CC2)n1. The van der Waals surface area contributed by atoms with Crippen molar-refractivity contribution < 1.29 is 9.59 Å². The number of piperidine rings is 1. The third-order valence-corrected chi connectivity index (χ3v) is 6.88. The molecule has 1 aliphatic rings. The van der Waals surface area contributed by atoms with E-state index in [-0.39, 0.29) is 17.7 Å². The minimum atomic E-state index is -0.231. The number of amides is 2. The van der Waals surface area contributed by atoms with Gasteiger partial charge in [-0.3, -0.25) is 9.59 Å². The molecular weight excluding hydrogens is 434 g/mol. The molecule has 2 amide bonds. The molecule has 1 fully saturated rings. The van der Waals surface area contributed by atoms with Gasteiger partial charge in [0.1, 0.15) is 11.5 Å². The van der Waals surface area contributed by atoms with E-state index in [2.05, 4.69) is 15.4 Å². The highest BCUT2D eigenvalue weighted by atomic mass is 35.5. The van der Waals surface area contributed by atoms with E-state index in [4.69, 9.17) is 11.6 Å². The molecule has 1 saturated heterocycles. The number of thiazole rings is 1. The highest BCUT2D eigenvalue weighted by molar-refractivity contribution is 7.10. The van der Waals surface area contributed by atoms with Crippen LogP contribution in [-0.4, -0.2) is 44.6 Å². The van der Waals surface area contributed by atoms with Crippen molar-refractivity contribution >= 4 is 40.6 Å². The van der Waals surface area contributed by atoms with Crippen LogP contribution in [0.1, 0.15) is 46.7 Å². The van der Waals surface area contributed by atoms with Crippen molar-refractivity contribution in [3.05, 3.63) is 63.2 Å². The molecule has 9 heteroatoms. The van der Waals surface area contributed by atoms with Gasteiger partial charge in [0, 0.05) is 42.0 Å². The molecule has 1 aliphatic heterocycles. The number of hydrogen-bond donors (Lipinski definition) is 1. The van der Waals surface area contributed by atoms with Gasteiger partial charge in [-0.25, -0.2) is 9.67 Å². The van der Waals surface area contributed by atoms with E-state index in [0.717, 1.165) is 23.4 Å². The second-order valence-electron chi connectivity index (χ2n) is 7.48. The van der Waals surface area contributed by atoms with Gasteiger partial charge in [0.2, 0.25) is 5.91 Å². The van der Waals surface area contributed by atoms with Crippen LogP contribution in [0.5, 0.6) is 0 Å². The van der Waals surface area contributed by atoms with Gasteiger partial charge in [-0.05, 0) is 31.4 Å². The summed E-state index contributed by atoms with van der Waals surface area (Å²) in [6.07, 6.45) is 3.66. The van der Waals surface area contributed by atoms with Crippen LogP contribution < -0.4 is 5.32 Å². The van der Waals surface area contributed by atoms with E-state index >= 15 is 0 Å². The molecule has 0 atom stereocenters. The van der Waals surface area contributed by atoms with Crippen LogP contribution in [0.25, 0.3) is 0 Å². The number of hydrogen-bond acceptors (Lipinski definition) is 5. The smallest absolute Gasteiger partial charge is 0.276 e. The number of anilines is 1. The van der Waals surface area contributed by atoms with Crippen molar-refractivity contribution in [3.8, 4) is 0 Å². The molecule has 2 aromatic heterocycles. The zero-order valence-electron chi connectivity index (χ0n) is 17.3. The average Bonchev–Trinajstić information content (AvgIpc) is 3.45. The van der Waals surface area contributed by atoms with E-state index in [1.54, 1.807) is 22.3 Å². The third-order valence-electron chi connectivity index (χ3n) is 5.51. The first-order valence-corrected chi connectivity index (χ1v) is 11.6. The molecule has 4 rings (SSSR count). The molecule has 3 heterocycles. The quantitative estimate of drug-likeness (QED) is 0.601. The average molecular weight is 458 g/mol. The van der Waals surface area contributed by atoms with Crippen LogP contribution in [0.4, 0.5) is 5.82 Å². The Labute approximate surface area is 190 Å². The van der Waals surface area contributed by atoms with Gasteiger partial charge in [-0.2, -0.15) is 5.10 Å². The summed E-state index contributed by atoms with van der Waals surface area (Å²) >= 11 is 7.69. The van der Waals surface area contributed by atoms with Gasteiger partial charge in [0.25, 0.3) is 5.91 Å². The minimum absolute atomic E-state index is 0.0956. The maximum atomic E-state index is 12.7. The summed E-state index contributed by atoms with van der Waals surface area (Å²) in [6, 6.07) is 9.23. The molecule has 0 saturated carbocycles. The lowest BCUT2D eigenvalue weighted by Crippen LogP contribution is -2.38. The Balaban J connectivity index is 1.32. The van der Waals surface area contributed by atoms with Crippen molar-refractivity contribution in [2.24, 2.45) is 0 Å². The fraction of sp³-hybridized carbons (Fsp3) is 0.364. The molecule has 1 aromatic carbocycles. The predicted molar refractivity (Wildman–Crippen MR) is 122 cm³/mol. The van der Waals surface area contributed by atoms with Crippen LogP contribution >= 0.6 is 22.9 Å². The first-order valence-electron chi connectivity index (χ1n) is 10.3. The second-order valence-corrected chi connectivity index (χ2v) is 8.78. The molecule has 3 aromatic rings. The number of benzene rings is 1. The minimum Gasteiger partial charge on any atom is -0.342 e. The zero-order chi connectivity index (χ0) is 21.8. The molecule has 0 radical (unpaired) electrons. The molecular formula is C22H24ClN5O2S. The number of nitrogens with zero attached hydrogens (tertiary/aromatic N) is 4. The topological polar surface area (TPSA) is 80.1 Å². The van der Waals surface area contributed by atoms with Crippen LogP contribution in [0.15, 0.2) is 41.9 Å². The number of aryl methyl sites for hydroxylation is 1. The number of aromatic nitrogens is 3. The van der Waals surface area contributed by atoms with E-state index in [0.29, 0.717) is 42.6 Å². The Morgan fingerprint density at radius 2 is 2.00 bits per heavy atom. The molecule has 162 valence electrons. The maximum absolute atomic E-state index is 12.7. The van der Waals surface area contributed by atoms with Crippen molar-refractivity contribution in [1.82, 2.24) is 19.7 Å². The summed E-state index contributed by atoms with van der Waals surface area (Å²) in [5, 5.41) is 10.4. The second kappa shape index (κ2) is 9.62. The molecule has 0 spiro atoms. The molecule has 0 aliphatic carbocycles. The number of rotatable bonds is 6. The fourth-order valence-electron chi connectivity index (χ4n) is 3.74. The number of nitrogens with one attached hydrogen (secondary N) is 1. The molecule has 7 nitrogen and oxygen atoms in total. The number of likely N-dealkylation sites (tertiary alicyclic amines) is 1. The lowest BCUT2D eigenvalue weighted by atomic mass is 9.97. The van der Waals surface area contributed by atoms with Crippen LogP contribution in [-0.2, 0) is 17.8 Å². The first kappa shape index (κ1) is 21.5. The Hall–Kier alpha value is -2.71. The highest BCUT2D eigenvalue weighted by Gasteiger charge is 2.26. The van der Waals surface area contributed by atoms with Gasteiger partial charge in [-0.15, -0.1) is 11.3 Å². The monoisotopic (exact) mass is 457 g/mol. The first-order chi connectivity index (χ1) is 15.0. The summed E-state index contributed by atoms with van der Waals surface area (Å²) in [6.45, 7) is 4.02. The Morgan fingerprint density at radius 1 is 1.23 bits per heavy atom. The van der Waals surface area contributed by atoms with E-state index in [9.17, 15) is 9.59 Å². The maximum Gasteiger partial charge on any atom is 0.276 e. The lowest BCUT2D eigenvalue weighted by molar-refractivity contribution is -0.131. The van der Waals surface area contributed by atoms with E-state index < -0.39 is 0 Å². The zero-order valence-corrected chi connectivity index (χ0v) is 18.8. The largest absolute Gasteiger partial charge is 0.342 e. The van der Waals surface area contributed by atoms with E-state index in [1.165, 1.54) is 11.3 Å². The van der Waals surface area contributed by atoms with Crippen molar-refractivity contribution in [1.29, 1.82) is 0 Å². The fourth-order valence-corrected chi connectivity index (χ4v) is 4.92. The van der Waals surface area contributed by atoms with Crippen LogP contribution in [0.3, 0.4) is 0 Å². The standard InChI is InChI=1S/C22H24ClN5O2S/c1-2-28-19(7-10-24-28)26-21(30)18-14-31-22(25-18)15-8-11-27(12-9-15)20(29)13-16-5-3-4-6-17(16)23/h3-7,10,14-15H,2,8-9,11-13H2,1H3,(H,26,30). The number of carbonyl (C=O) groups is 2. The lowest BCUT2D eigenvalue weighted by Gasteiger charge is -2.31. The molecule has 1 N–H and O–H groups in total. The number of halogens is 1. The van der Waals surface area contributed by atoms with Crippen molar-refractivity contribution in [3.63, 3.8) is 0 Å². The summed E-state index contributed by atoms with van der Waals surface area (Å²) in [5.74, 6) is 0.785. The number of carbonyl (C=O) groups excluding carboxylic acids is 2. The molecule has 0 bridgehead atoms. The van der Waals surface area contributed by atoms with Gasteiger partial charge in [-0.1, -0.05) is 29.8 Å². The van der Waals surface area contributed by atoms with Gasteiger partial charge in [0.05, 0.1) is 17.6 Å². The third kappa shape index (κ3) is 4.97. The van der Waals surface area contributed by atoms with Gasteiger partial charge < -0.3 is 10.2 Å². The Bertz CT molecular complexity index is 1070. The summed E-state index contributed by atoms with van der Waals surface area (Å²) in [7, 11) is 0. The van der Waals surface area contributed by atoms with Gasteiger partial charge in [0.15, 0.2) is 0 Å².